The standard InChI is InChI=1S/C16H11NO2S2/c18-16(19)15-14(12-4-2-1-3-5-12)17-13(21-15)7-6-11-8-9-20-10-11/h1-10H,(H,18,19)/p-1/b7-6+. The molecule has 2 aromatic heterocycles. The van der Waals surface area contributed by atoms with Crippen molar-refractivity contribution in [2.24, 2.45) is 0 Å². The minimum Gasteiger partial charge on any atom is -0.544 e. The summed E-state index contributed by atoms with van der Waals surface area (Å²) in [4.78, 5) is 15.9. The molecule has 2 heterocycles. The minimum atomic E-state index is -1.19. The Bertz CT molecular complexity index is 774. The van der Waals surface area contributed by atoms with Crippen molar-refractivity contribution in [3.8, 4) is 11.3 Å². The lowest BCUT2D eigenvalue weighted by molar-refractivity contribution is -0.254. The molecule has 0 saturated heterocycles. The van der Waals surface area contributed by atoms with Gasteiger partial charge in [0.05, 0.1) is 16.5 Å². The molecule has 0 bridgehead atoms. The molecule has 0 N–H and O–H groups in total. The molecule has 0 aliphatic rings. The van der Waals surface area contributed by atoms with Crippen molar-refractivity contribution in [3.05, 3.63) is 62.6 Å². The molecule has 5 heteroatoms. The summed E-state index contributed by atoms with van der Waals surface area (Å²) < 4.78 is 0. The van der Waals surface area contributed by atoms with E-state index in [1.54, 1.807) is 11.3 Å². The lowest BCUT2D eigenvalue weighted by Crippen LogP contribution is -2.21. The van der Waals surface area contributed by atoms with Crippen LogP contribution >= 0.6 is 22.7 Å². The first-order valence-corrected chi connectivity index (χ1v) is 7.98. The van der Waals surface area contributed by atoms with Crippen molar-refractivity contribution < 1.29 is 9.90 Å². The van der Waals surface area contributed by atoms with Crippen LogP contribution in [0.1, 0.15) is 20.2 Å². The number of thiazole rings is 1. The molecule has 21 heavy (non-hydrogen) atoms. The van der Waals surface area contributed by atoms with Crippen LogP contribution in [0.15, 0.2) is 47.2 Å². The molecule has 0 aliphatic carbocycles. The monoisotopic (exact) mass is 312 g/mol. The van der Waals surface area contributed by atoms with Crippen LogP contribution in [0.25, 0.3) is 23.4 Å². The van der Waals surface area contributed by atoms with E-state index in [2.05, 4.69) is 4.98 Å². The Labute approximate surface area is 129 Å². The van der Waals surface area contributed by atoms with Crippen molar-refractivity contribution in [1.29, 1.82) is 0 Å². The highest BCUT2D eigenvalue weighted by molar-refractivity contribution is 7.15. The largest absolute Gasteiger partial charge is 0.544 e. The van der Waals surface area contributed by atoms with E-state index in [1.807, 2.05) is 59.3 Å². The maximum atomic E-state index is 11.3. The average molecular weight is 312 g/mol. The molecule has 0 atom stereocenters. The highest BCUT2D eigenvalue weighted by atomic mass is 32.1. The zero-order chi connectivity index (χ0) is 14.7. The van der Waals surface area contributed by atoms with E-state index < -0.39 is 5.97 Å². The second-order valence-corrected chi connectivity index (χ2v) is 6.08. The highest BCUT2D eigenvalue weighted by Crippen LogP contribution is 2.28. The summed E-state index contributed by atoms with van der Waals surface area (Å²) in [7, 11) is 0. The van der Waals surface area contributed by atoms with Crippen LogP contribution in [0.4, 0.5) is 0 Å². The Morgan fingerprint density at radius 3 is 2.62 bits per heavy atom. The molecule has 0 amide bonds. The van der Waals surface area contributed by atoms with Gasteiger partial charge in [0.2, 0.25) is 0 Å². The summed E-state index contributed by atoms with van der Waals surface area (Å²) in [6.45, 7) is 0. The lowest BCUT2D eigenvalue weighted by atomic mass is 10.1. The Morgan fingerprint density at radius 1 is 1.14 bits per heavy atom. The predicted molar refractivity (Wildman–Crippen MR) is 85.1 cm³/mol. The van der Waals surface area contributed by atoms with Crippen molar-refractivity contribution >= 4 is 40.8 Å². The van der Waals surface area contributed by atoms with Gasteiger partial charge in [-0.2, -0.15) is 11.3 Å². The molecule has 3 nitrogen and oxygen atoms in total. The zero-order valence-corrected chi connectivity index (χ0v) is 12.5. The van der Waals surface area contributed by atoms with E-state index in [0.717, 1.165) is 22.5 Å². The van der Waals surface area contributed by atoms with Crippen molar-refractivity contribution in [2.75, 3.05) is 0 Å². The number of carbonyl (C=O) groups excluding carboxylic acids is 1. The number of carboxylic acids is 1. The summed E-state index contributed by atoms with van der Waals surface area (Å²) in [6, 6.07) is 11.3. The van der Waals surface area contributed by atoms with Crippen LogP contribution in [-0.4, -0.2) is 11.0 Å². The molecular formula is C16H10NO2S2-. The smallest absolute Gasteiger partial charge is 0.117 e. The third-order valence-corrected chi connectivity index (χ3v) is 4.54. The Morgan fingerprint density at radius 2 is 1.95 bits per heavy atom. The molecule has 0 saturated carbocycles. The molecule has 0 radical (unpaired) electrons. The van der Waals surface area contributed by atoms with Crippen molar-refractivity contribution in [3.63, 3.8) is 0 Å². The fourth-order valence-corrected chi connectivity index (χ4v) is 3.33. The number of hydrogen-bond acceptors (Lipinski definition) is 5. The molecule has 0 spiro atoms. The Balaban J connectivity index is 1.99. The summed E-state index contributed by atoms with van der Waals surface area (Å²) in [6.07, 6.45) is 3.74. The van der Waals surface area contributed by atoms with E-state index in [0.29, 0.717) is 10.7 Å². The van der Waals surface area contributed by atoms with Crippen LogP contribution in [0, 0.1) is 0 Å². The summed E-state index contributed by atoms with van der Waals surface area (Å²) in [5, 5.41) is 15.9. The average Bonchev–Trinajstić information content (AvgIpc) is 3.15. The highest BCUT2D eigenvalue weighted by Gasteiger charge is 2.12. The Kier molecular flexibility index (Phi) is 3.94. The zero-order valence-electron chi connectivity index (χ0n) is 10.9. The topological polar surface area (TPSA) is 53.0 Å². The first-order valence-electron chi connectivity index (χ1n) is 6.22. The first-order chi connectivity index (χ1) is 10.2. The van der Waals surface area contributed by atoms with Gasteiger partial charge >= 0.3 is 0 Å². The lowest BCUT2D eigenvalue weighted by Gasteiger charge is -2.01. The fourth-order valence-electron chi connectivity index (χ4n) is 1.88. The van der Waals surface area contributed by atoms with Crippen molar-refractivity contribution in [2.45, 2.75) is 0 Å². The van der Waals surface area contributed by atoms with Gasteiger partial charge in [-0.25, -0.2) is 4.98 Å². The molecule has 0 fully saturated rings. The second kappa shape index (κ2) is 6.03. The third-order valence-electron chi connectivity index (χ3n) is 2.84. The quantitative estimate of drug-likeness (QED) is 0.742. The summed E-state index contributed by atoms with van der Waals surface area (Å²) in [5.41, 5.74) is 2.32. The van der Waals surface area contributed by atoms with Gasteiger partial charge in [0, 0.05) is 5.56 Å². The van der Waals surface area contributed by atoms with Gasteiger partial charge in [0.15, 0.2) is 0 Å². The number of hydrogen-bond donors (Lipinski definition) is 0. The number of carbonyl (C=O) groups is 1. The van der Waals surface area contributed by atoms with E-state index >= 15 is 0 Å². The number of aromatic carboxylic acids is 1. The van der Waals surface area contributed by atoms with Gasteiger partial charge in [0.1, 0.15) is 5.01 Å². The van der Waals surface area contributed by atoms with Gasteiger partial charge < -0.3 is 9.90 Å². The molecule has 3 aromatic rings. The van der Waals surface area contributed by atoms with Crippen LogP contribution < -0.4 is 5.11 Å². The van der Waals surface area contributed by atoms with E-state index in [-0.39, 0.29) is 4.88 Å². The number of benzene rings is 1. The second-order valence-electron chi connectivity index (χ2n) is 4.27. The summed E-state index contributed by atoms with van der Waals surface area (Å²) >= 11 is 2.74. The number of rotatable bonds is 4. The van der Waals surface area contributed by atoms with E-state index in [9.17, 15) is 9.90 Å². The van der Waals surface area contributed by atoms with Gasteiger partial charge in [-0.05, 0) is 28.5 Å². The number of nitrogens with zero attached hydrogens (tertiary/aromatic N) is 1. The van der Waals surface area contributed by atoms with E-state index in [4.69, 9.17) is 0 Å². The maximum absolute atomic E-state index is 11.3. The molecule has 3 rings (SSSR count). The van der Waals surface area contributed by atoms with Crippen LogP contribution in [0.2, 0.25) is 0 Å². The van der Waals surface area contributed by atoms with Crippen LogP contribution in [-0.2, 0) is 0 Å². The SMILES string of the molecule is O=C([O-])c1sc(/C=C/c2ccsc2)nc1-c1ccccc1. The van der Waals surface area contributed by atoms with Crippen LogP contribution in [0.5, 0.6) is 0 Å². The fraction of sp³-hybridized carbons (Fsp3) is 0. The Hall–Kier alpha value is -2.24. The maximum Gasteiger partial charge on any atom is 0.117 e. The van der Waals surface area contributed by atoms with Crippen molar-refractivity contribution in [1.82, 2.24) is 4.98 Å². The molecule has 0 unspecified atom stereocenters. The number of aromatic nitrogens is 1. The molecule has 1 aromatic carbocycles. The van der Waals surface area contributed by atoms with Gasteiger partial charge in [-0.3, -0.25) is 0 Å². The third kappa shape index (κ3) is 3.09. The van der Waals surface area contributed by atoms with Gasteiger partial charge in [-0.1, -0.05) is 36.4 Å². The summed E-state index contributed by atoms with van der Waals surface area (Å²) in [5.74, 6) is -1.19. The normalized spacial score (nSPS) is 11.0. The minimum absolute atomic E-state index is 0.158. The molecular weight excluding hydrogens is 302 g/mol. The van der Waals surface area contributed by atoms with E-state index in [1.165, 1.54) is 0 Å². The number of thiophene rings is 1. The molecule has 104 valence electrons. The van der Waals surface area contributed by atoms with Gasteiger partial charge in [-0.15, -0.1) is 11.3 Å². The predicted octanol–water partition coefficient (Wildman–Crippen LogP) is 3.41. The van der Waals surface area contributed by atoms with Gasteiger partial charge in [0.25, 0.3) is 0 Å². The number of carboxylic acid groups (broad SMARTS) is 1. The molecule has 0 aliphatic heterocycles. The first kappa shape index (κ1) is 13.7. The van der Waals surface area contributed by atoms with Crippen LogP contribution in [0.3, 0.4) is 0 Å².